The van der Waals surface area contributed by atoms with Crippen LogP contribution in [0, 0.1) is 5.92 Å². The van der Waals surface area contributed by atoms with Crippen molar-refractivity contribution in [3.8, 4) is 0 Å². The van der Waals surface area contributed by atoms with Crippen LogP contribution < -0.4 is 5.01 Å². The molecule has 2 unspecified atom stereocenters. The Morgan fingerprint density at radius 2 is 1.50 bits per heavy atom. The van der Waals surface area contributed by atoms with Gasteiger partial charge in [0.05, 0.1) is 28.0 Å². The molecule has 0 spiro atoms. The minimum atomic E-state index is -3.96. The van der Waals surface area contributed by atoms with Gasteiger partial charge in [-0.2, -0.15) is 28.0 Å². The predicted octanol–water partition coefficient (Wildman–Crippen LogP) is 4.87. The molecule has 1 amide bonds. The average Bonchev–Trinajstić information content (AvgIpc) is 3.42. The standard InChI is InChI=1S/C25H21ClN4O3S/c1-17-24(25(31)29(27-17)20-8-4-2-5-9-20)22-16-23(18-12-14-19(26)15-13-18)30(28-22)34(32,33)21-10-6-3-7-11-21/h2-15,23-24H,16H2,1H3. The van der Waals surface area contributed by atoms with E-state index >= 15 is 0 Å². The molecule has 0 saturated heterocycles. The summed E-state index contributed by atoms with van der Waals surface area (Å²) in [4.78, 5) is 13.5. The first-order chi connectivity index (χ1) is 16.4. The lowest BCUT2D eigenvalue weighted by Gasteiger charge is -2.23. The van der Waals surface area contributed by atoms with Crippen molar-refractivity contribution in [3.05, 3.63) is 95.5 Å². The number of benzene rings is 3. The third-order valence-corrected chi connectivity index (χ3v) is 7.85. The van der Waals surface area contributed by atoms with Crippen LogP contribution >= 0.6 is 11.6 Å². The number of carbonyl (C=O) groups excluding carboxylic acids is 1. The number of nitrogens with zero attached hydrogens (tertiary/aromatic N) is 4. The second-order valence-electron chi connectivity index (χ2n) is 8.11. The summed E-state index contributed by atoms with van der Waals surface area (Å²) in [7, 11) is -3.96. The zero-order valence-electron chi connectivity index (χ0n) is 18.2. The average molecular weight is 493 g/mol. The summed E-state index contributed by atoms with van der Waals surface area (Å²) in [6, 6.07) is 23.7. The third kappa shape index (κ3) is 3.89. The van der Waals surface area contributed by atoms with Crippen molar-refractivity contribution in [3.63, 3.8) is 0 Å². The number of carbonyl (C=O) groups is 1. The first kappa shape index (κ1) is 22.3. The fraction of sp³-hybridized carbons (Fsp3) is 0.160. The smallest absolute Gasteiger partial charge is 0.271 e. The lowest BCUT2D eigenvalue weighted by Crippen LogP contribution is -2.32. The molecule has 2 atom stereocenters. The molecule has 0 saturated carbocycles. The van der Waals surface area contributed by atoms with Crippen LogP contribution in [0.3, 0.4) is 0 Å². The highest BCUT2D eigenvalue weighted by molar-refractivity contribution is 7.89. The van der Waals surface area contributed by atoms with E-state index in [4.69, 9.17) is 11.6 Å². The Balaban J connectivity index is 1.54. The molecule has 0 aromatic heterocycles. The summed E-state index contributed by atoms with van der Waals surface area (Å²) < 4.78 is 28.2. The fourth-order valence-corrected chi connectivity index (χ4v) is 5.83. The Morgan fingerprint density at radius 3 is 2.15 bits per heavy atom. The normalized spacial score (nSPS) is 20.5. The molecule has 34 heavy (non-hydrogen) atoms. The molecule has 0 bridgehead atoms. The largest absolute Gasteiger partial charge is 0.279 e. The maximum atomic E-state index is 13.6. The molecule has 3 aromatic carbocycles. The molecule has 5 rings (SSSR count). The number of anilines is 1. The SMILES string of the molecule is CC1=NN(c2ccccc2)C(=O)C1C1=NN(S(=O)(=O)c2ccccc2)C(c2ccc(Cl)cc2)C1. The van der Waals surface area contributed by atoms with Crippen LogP contribution in [0.15, 0.2) is 100 Å². The first-order valence-corrected chi connectivity index (χ1v) is 12.5. The summed E-state index contributed by atoms with van der Waals surface area (Å²) in [5.74, 6) is -0.984. The number of halogens is 1. The Kier molecular flexibility index (Phi) is 5.71. The van der Waals surface area contributed by atoms with E-state index in [2.05, 4.69) is 10.2 Å². The van der Waals surface area contributed by atoms with E-state index in [-0.39, 0.29) is 17.2 Å². The fourth-order valence-electron chi connectivity index (χ4n) is 4.24. The summed E-state index contributed by atoms with van der Waals surface area (Å²) >= 11 is 6.06. The first-order valence-electron chi connectivity index (χ1n) is 10.7. The second-order valence-corrected chi connectivity index (χ2v) is 10.3. The number of sulfonamides is 1. The van der Waals surface area contributed by atoms with Gasteiger partial charge >= 0.3 is 0 Å². The van der Waals surface area contributed by atoms with E-state index in [1.807, 2.05) is 18.2 Å². The third-order valence-electron chi connectivity index (χ3n) is 5.90. The molecular formula is C25H21ClN4O3S. The number of amides is 1. The van der Waals surface area contributed by atoms with E-state index in [0.29, 0.717) is 22.1 Å². The van der Waals surface area contributed by atoms with E-state index in [9.17, 15) is 13.2 Å². The minimum absolute atomic E-state index is 0.132. The van der Waals surface area contributed by atoms with Gasteiger partial charge in [0.15, 0.2) is 0 Å². The molecule has 2 aliphatic rings. The Morgan fingerprint density at radius 1 is 0.882 bits per heavy atom. The van der Waals surface area contributed by atoms with Crippen LogP contribution in [0.2, 0.25) is 5.02 Å². The molecule has 0 radical (unpaired) electrons. The second kappa shape index (κ2) is 8.70. The Bertz CT molecular complexity index is 1390. The highest BCUT2D eigenvalue weighted by Crippen LogP contribution is 2.39. The molecule has 172 valence electrons. The van der Waals surface area contributed by atoms with Gasteiger partial charge in [-0.25, -0.2) is 0 Å². The maximum absolute atomic E-state index is 13.6. The predicted molar refractivity (Wildman–Crippen MR) is 132 cm³/mol. The van der Waals surface area contributed by atoms with Crippen LogP contribution in [0.5, 0.6) is 0 Å². The van der Waals surface area contributed by atoms with Crippen molar-refractivity contribution in [1.82, 2.24) is 4.41 Å². The van der Waals surface area contributed by atoms with Crippen LogP contribution in [0.1, 0.15) is 24.9 Å². The Labute approximate surface area is 203 Å². The van der Waals surface area contributed by atoms with Crippen LogP contribution in [-0.4, -0.2) is 30.2 Å². The highest BCUT2D eigenvalue weighted by atomic mass is 35.5. The molecule has 7 nitrogen and oxygen atoms in total. The summed E-state index contributed by atoms with van der Waals surface area (Å²) in [6.45, 7) is 1.76. The van der Waals surface area contributed by atoms with Gasteiger partial charge in [-0.05, 0) is 48.9 Å². The molecule has 2 heterocycles. The van der Waals surface area contributed by atoms with Crippen molar-refractivity contribution in [2.24, 2.45) is 16.1 Å². The minimum Gasteiger partial charge on any atom is -0.271 e. The van der Waals surface area contributed by atoms with E-state index < -0.39 is 22.0 Å². The molecule has 9 heteroatoms. The zero-order valence-corrected chi connectivity index (χ0v) is 19.8. The van der Waals surface area contributed by atoms with Crippen molar-refractivity contribution < 1.29 is 13.2 Å². The van der Waals surface area contributed by atoms with Gasteiger partial charge in [0.1, 0.15) is 5.92 Å². The van der Waals surface area contributed by atoms with Gasteiger partial charge in [0.25, 0.3) is 15.9 Å². The summed E-state index contributed by atoms with van der Waals surface area (Å²) in [6.07, 6.45) is 0.263. The van der Waals surface area contributed by atoms with Gasteiger partial charge in [-0.1, -0.05) is 60.1 Å². The molecule has 0 aliphatic carbocycles. The molecule has 0 N–H and O–H groups in total. The van der Waals surface area contributed by atoms with Gasteiger partial charge < -0.3 is 0 Å². The number of hydrazone groups is 2. The van der Waals surface area contributed by atoms with Gasteiger partial charge in [-0.15, -0.1) is 0 Å². The van der Waals surface area contributed by atoms with E-state index in [1.54, 1.807) is 61.5 Å². The number of para-hydroxylation sites is 1. The van der Waals surface area contributed by atoms with Crippen molar-refractivity contribution >= 4 is 44.6 Å². The quantitative estimate of drug-likeness (QED) is 0.509. The van der Waals surface area contributed by atoms with Crippen LogP contribution in [-0.2, 0) is 14.8 Å². The van der Waals surface area contributed by atoms with Crippen LogP contribution in [0.4, 0.5) is 5.69 Å². The maximum Gasteiger partial charge on any atom is 0.279 e. The molecular weight excluding hydrogens is 472 g/mol. The molecule has 0 fully saturated rings. The summed E-state index contributed by atoms with van der Waals surface area (Å²) in [5.41, 5.74) is 2.42. The number of hydrogen-bond donors (Lipinski definition) is 0. The lowest BCUT2D eigenvalue weighted by molar-refractivity contribution is -0.118. The Hall–Kier alpha value is -3.49. The van der Waals surface area contributed by atoms with E-state index in [0.717, 1.165) is 9.98 Å². The number of hydrogen-bond acceptors (Lipinski definition) is 5. The van der Waals surface area contributed by atoms with Gasteiger partial charge in [-0.3, -0.25) is 4.79 Å². The van der Waals surface area contributed by atoms with Crippen LogP contribution in [0.25, 0.3) is 0 Å². The molecule has 3 aromatic rings. The van der Waals surface area contributed by atoms with E-state index in [1.165, 1.54) is 17.1 Å². The lowest BCUT2D eigenvalue weighted by atomic mass is 9.92. The monoisotopic (exact) mass is 492 g/mol. The van der Waals surface area contributed by atoms with Gasteiger partial charge in [0.2, 0.25) is 0 Å². The molecule has 2 aliphatic heterocycles. The van der Waals surface area contributed by atoms with Crippen molar-refractivity contribution in [1.29, 1.82) is 0 Å². The van der Waals surface area contributed by atoms with Gasteiger partial charge in [0, 0.05) is 11.4 Å². The van der Waals surface area contributed by atoms with Crippen molar-refractivity contribution in [2.45, 2.75) is 24.3 Å². The van der Waals surface area contributed by atoms with Crippen molar-refractivity contribution in [2.75, 3.05) is 5.01 Å². The summed E-state index contributed by atoms with van der Waals surface area (Å²) in [5, 5.41) is 10.9. The highest BCUT2D eigenvalue weighted by Gasteiger charge is 2.45. The number of rotatable bonds is 5. The topological polar surface area (TPSA) is 82.4 Å². The zero-order chi connectivity index (χ0) is 23.9.